The first-order chi connectivity index (χ1) is 18.3. The van der Waals surface area contributed by atoms with Crippen LogP contribution in [0.3, 0.4) is 0 Å². The van der Waals surface area contributed by atoms with Crippen LogP contribution in [-0.2, 0) is 14.3 Å². The second-order valence-electron chi connectivity index (χ2n) is 9.87. The van der Waals surface area contributed by atoms with Crippen molar-refractivity contribution in [2.45, 2.75) is 38.5 Å². The maximum Gasteiger partial charge on any atom is 0.408 e. The summed E-state index contributed by atoms with van der Waals surface area (Å²) in [5.74, 6) is -0.580. The summed E-state index contributed by atoms with van der Waals surface area (Å²) >= 11 is 0. The Morgan fingerprint density at radius 2 is 1.32 bits per heavy atom. The lowest BCUT2D eigenvalue weighted by Crippen LogP contribution is -2.43. The average molecular weight is 509 g/mol. The van der Waals surface area contributed by atoms with Gasteiger partial charge in [0.25, 0.3) is 0 Å². The fourth-order valence-corrected chi connectivity index (χ4v) is 4.31. The highest BCUT2D eigenvalue weighted by Gasteiger charge is 2.34. The van der Waals surface area contributed by atoms with E-state index in [0.29, 0.717) is 5.71 Å². The van der Waals surface area contributed by atoms with Gasteiger partial charge in [-0.25, -0.2) is 9.59 Å². The molecule has 0 aliphatic rings. The molecular formula is C32H32N2O4. The molecule has 0 heterocycles. The third-order valence-electron chi connectivity index (χ3n) is 5.95. The topological polar surface area (TPSA) is 77.0 Å². The Hall–Kier alpha value is -4.45. The number of nitrogens with zero attached hydrogens (tertiary/aromatic N) is 1. The lowest BCUT2D eigenvalue weighted by atomic mass is 9.93. The summed E-state index contributed by atoms with van der Waals surface area (Å²) in [6.07, 6.45) is -0.652. The molecule has 6 heteroatoms. The van der Waals surface area contributed by atoms with E-state index in [1.165, 1.54) is 7.11 Å². The van der Waals surface area contributed by atoms with Gasteiger partial charge in [-0.3, -0.25) is 4.99 Å². The zero-order valence-electron chi connectivity index (χ0n) is 22.0. The SMILES string of the molecule is COC(=O)[C@H](N=C(c1ccccc1)c1ccccc1)[C@@H](NC(=O)OC(C)(C)C)c1cccc2ccccc12. The molecule has 0 bridgehead atoms. The Bertz CT molecular complexity index is 1380. The summed E-state index contributed by atoms with van der Waals surface area (Å²) in [5, 5.41) is 4.80. The minimum absolute atomic E-state index is 0.580. The molecule has 38 heavy (non-hydrogen) atoms. The highest BCUT2D eigenvalue weighted by atomic mass is 16.6. The summed E-state index contributed by atoms with van der Waals surface area (Å²) in [6, 6.07) is 30.9. The highest BCUT2D eigenvalue weighted by Crippen LogP contribution is 2.30. The van der Waals surface area contributed by atoms with Crippen LogP contribution in [-0.4, -0.2) is 36.5 Å². The van der Waals surface area contributed by atoms with Crippen molar-refractivity contribution in [1.82, 2.24) is 5.32 Å². The van der Waals surface area contributed by atoms with E-state index in [4.69, 9.17) is 14.5 Å². The summed E-state index contributed by atoms with van der Waals surface area (Å²) in [6.45, 7) is 5.37. The molecule has 6 nitrogen and oxygen atoms in total. The second-order valence-corrected chi connectivity index (χ2v) is 9.87. The van der Waals surface area contributed by atoms with E-state index in [2.05, 4.69) is 5.32 Å². The number of hydrogen-bond donors (Lipinski definition) is 1. The minimum Gasteiger partial charge on any atom is -0.467 e. The first-order valence-electron chi connectivity index (χ1n) is 12.5. The lowest BCUT2D eigenvalue weighted by molar-refractivity contribution is -0.142. The number of hydrogen-bond acceptors (Lipinski definition) is 5. The molecule has 2 atom stereocenters. The number of amides is 1. The van der Waals surface area contributed by atoms with E-state index in [0.717, 1.165) is 27.5 Å². The van der Waals surface area contributed by atoms with E-state index in [9.17, 15) is 9.59 Å². The van der Waals surface area contributed by atoms with Gasteiger partial charge in [-0.1, -0.05) is 103 Å². The summed E-state index contributed by atoms with van der Waals surface area (Å²) in [5.41, 5.74) is 2.28. The first kappa shape index (κ1) is 26.6. The Morgan fingerprint density at radius 1 is 0.763 bits per heavy atom. The first-order valence-corrected chi connectivity index (χ1v) is 12.5. The van der Waals surface area contributed by atoms with Crippen LogP contribution in [0.1, 0.15) is 43.5 Å². The maximum atomic E-state index is 13.4. The molecule has 4 aromatic rings. The maximum absolute atomic E-state index is 13.4. The molecule has 194 valence electrons. The van der Waals surface area contributed by atoms with Crippen LogP contribution in [0.4, 0.5) is 4.79 Å². The molecular weight excluding hydrogens is 476 g/mol. The molecule has 0 aliphatic carbocycles. The molecule has 1 amide bonds. The van der Waals surface area contributed by atoms with Crippen molar-refractivity contribution in [3.05, 3.63) is 120 Å². The van der Waals surface area contributed by atoms with E-state index in [1.54, 1.807) is 20.8 Å². The molecule has 4 rings (SSSR count). The average Bonchev–Trinajstić information content (AvgIpc) is 2.92. The smallest absolute Gasteiger partial charge is 0.408 e. The summed E-state index contributed by atoms with van der Waals surface area (Å²) in [7, 11) is 1.32. The predicted octanol–water partition coefficient (Wildman–Crippen LogP) is 6.48. The van der Waals surface area contributed by atoms with Gasteiger partial charge < -0.3 is 14.8 Å². The number of methoxy groups -OCH3 is 1. The fourth-order valence-electron chi connectivity index (χ4n) is 4.31. The van der Waals surface area contributed by atoms with Gasteiger partial charge >= 0.3 is 12.1 Å². The number of nitrogens with one attached hydrogen (secondary N) is 1. The number of alkyl carbamates (subject to hydrolysis) is 1. The van der Waals surface area contributed by atoms with Crippen molar-refractivity contribution in [2.24, 2.45) is 4.99 Å². The van der Waals surface area contributed by atoms with Gasteiger partial charge in [0.2, 0.25) is 0 Å². The number of esters is 1. The number of carbonyl (C=O) groups is 2. The van der Waals surface area contributed by atoms with Crippen molar-refractivity contribution < 1.29 is 19.1 Å². The fraction of sp³-hybridized carbons (Fsp3) is 0.219. The Morgan fingerprint density at radius 3 is 1.89 bits per heavy atom. The van der Waals surface area contributed by atoms with Gasteiger partial charge in [0.15, 0.2) is 6.04 Å². The molecule has 0 saturated heterocycles. The Labute approximate surface area is 223 Å². The third-order valence-corrected chi connectivity index (χ3v) is 5.95. The summed E-state index contributed by atoms with van der Waals surface area (Å²) in [4.78, 5) is 31.5. The van der Waals surface area contributed by atoms with E-state index >= 15 is 0 Å². The van der Waals surface area contributed by atoms with Crippen LogP contribution in [0.15, 0.2) is 108 Å². The van der Waals surface area contributed by atoms with Gasteiger partial charge in [0, 0.05) is 11.1 Å². The predicted molar refractivity (Wildman–Crippen MR) is 150 cm³/mol. The number of rotatable bonds is 7. The standard InChI is InChI=1S/C32H32N2O4/c1-32(2,3)38-31(36)34-28(26-21-13-19-22-14-11-12-20-25(22)26)29(30(35)37-4)33-27(23-15-7-5-8-16-23)24-17-9-6-10-18-24/h5-21,28-29H,1-4H3,(H,34,36)/t28-,29+/m0/s1. The molecule has 0 unspecified atom stereocenters. The quantitative estimate of drug-likeness (QED) is 0.229. The molecule has 1 N–H and O–H groups in total. The van der Waals surface area contributed by atoms with Crippen LogP contribution in [0.2, 0.25) is 0 Å². The van der Waals surface area contributed by atoms with Crippen molar-refractivity contribution in [1.29, 1.82) is 0 Å². The number of benzene rings is 4. The Balaban J connectivity index is 1.92. The van der Waals surface area contributed by atoms with Crippen molar-refractivity contribution in [2.75, 3.05) is 7.11 Å². The molecule has 0 radical (unpaired) electrons. The highest BCUT2D eigenvalue weighted by molar-refractivity contribution is 6.13. The molecule has 0 fully saturated rings. The molecule has 0 saturated carbocycles. The zero-order valence-corrected chi connectivity index (χ0v) is 22.0. The molecule has 0 spiro atoms. The minimum atomic E-state index is -1.10. The van der Waals surface area contributed by atoms with E-state index in [-0.39, 0.29) is 0 Å². The van der Waals surface area contributed by atoms with Crippen molar-refractivity contribution >= 4 is 28.5 Å². The van der Waals surface area contributed by atoms with Crippen LogP contribution in [0, 0.1) is 0 Å². The van der Waals surface area contributed by atoms with Gasteiger partial charge in [0.05, 0.1) is 18.9 Å². The third kappa shape index (κ3) is 6.45. The molecule has 0 aromatic heterocycles. The Kier molecular flexibility index (Phi) is 8.22. The van der Waals surface area contributed by atoms with Crippen molar-refractivity contribution in [3.8, 4) is 0 Å². The van der Waals surface area contributed by atoms with Crippen LogP contribution in [0.5, 0.6) is 0 Å². The molecule has 4 aromatic carbocycles. The monoisotopic (exact) mass is 508 g/mol. The van der Waals surface area contributed by atoms with Crippen molar-refractivity contribution in [3.63, 3.8) is 0 Å². The van der Waals surface area contributed by atoms with Gasteiger partial charge in [-0.05, 0) is 37.1 Å². The summed E-state index contributed by atoms with van der Waals surface area (Å²) < 4.78 is 10.8. The number of fused-ring (bicyclic) bond motifs is 1. The lowest BCUT2D eigenvalue weighted by Gasteiger charge is -2.28. The zero-order chi connectivity index (χ0) is 27.1. The van der Waals surface area contributed by atoms with Crippen LogP contribution >= 0.6 is 0 Å². The van der Waals surface area contributed by atoms with Gasteiger partial charge in [0.1, 0.15) is 5.60 Å². The van der Waals surface area contributed by atoms with Gasteiger partial charge in [-0.15, -0.1) is 0 Å². The molecule has 0 aliphatic heterocycles. The van der Waals surface area contributed by atoms with Crippen LogP contribution < -0.4 is 5.32 Å². The largest absolute Gasteiger partial charge is 0.467 e. The normalized spacial score (nSPS) is 12.7. The number of ether oxygens (including phenoxy) is 2. The van der Waals surface area contributed by atoms with E-state index in [1.807, 2.05) is 103 Å². The van der Waals surface area contributed by atoms with Crippen LogP contribution in [0.25, 0.3) is 10.8 Å². The number of carbonyl (C=O) groups excluding carboxylic acids is 2. The van der Waals surface area contributed by atoms with Gasteiger partial charge in [-0.2, -0.15) is 0 Å². The van der Waals surface area contributed by atoms with E-state index < -0.39 is 29.7 Å². The number of aliphatic imine (C=N–C) groups is 1. The second kappa shape index (κ2) is 11.7.